The second-order valence-corrected chi connectivity index (χ2v) is 5.56. The fourth-order valence-corrected chi connectivity index (χ4v) is 2.51. The lowest BCUT2D eigenvalue weighted by molar-refractivity contribution is -0.130. The summed E-state index contributed by atoms with van der Waals surface area (Å²) >= 11 is 0. The summed E-state index contributed by atoms with van der Waals surface area (Å²) in [5, 5.41) is 6.97. The van der Waals surface area contributed by atoms with Gasteiger partial charge in [-0.2, -0.15) is 5.10 Å². The zero-order valence-corrected chi connectivity index (χ0v) is 13.3. The Morgan fingerprint density at radius 2 is 2.08 bits per heavy atom. The lowest BCUT2D eigenvalue weighted by Crippen LogP contribution is -2.43. The molecule has 3 aromatic rings. The Bertz CT molecular complexity index is 862. The molecule has 3 heterocycles. The maximum Gasteiger partial charge on any atom is 0.264 e. The summed E-state index contributed by atoms with van der Waals surface area (Å²) in [7, 11) is 0. The average Bonchev–Trinajstić information content (AvgIpc) is 3.21. The summed E-state index contributed by atoms with van der Waals surface area (Å²) in [6, 6.07) is 12.9. The molecule has 126 valence electrons. The van der Waals surface area contributed by atoms with Gasteiger partial charge in [0.2, 0.25) is 6.10 Å². The van der Waals surface area contributed by atoms with E-state index in [1.807, 2.05) is 42.6 Å². The van der Waals surface area contributed by atoms with Crippen molar-refractivity contribution in [3.63, 3.8) is 0 Å². The van der Waals surface area contributed by atoms with Crippen LogP contribution in [0.1, 0.15) is 5.56 Å². The van der Waals surface area contributed by atoms with Crippen molar-refractivity contribution in [2.75, 3.05) is 6.61 Å². The summed E-state index contributed by atoms with van der Waals surface area (Å²) in [5.41, 5.74) is 0.890. The molecule has 2 aromatic heterocycles. The van der Waals surface area contributed by atoms with Crippen LogP contribution in [-0.2, 0) is 11.3 Å². The van der Waals surface area contributed by atoms with E-state index in [4.69, 9.17) is 9.47 Å². The van der Waals surface area contributed by atoms with E-state index in [9.17, 15) is 4.79 Å². The number of nitrogens with one attached hydrogen (secondary N) is 1. The van der Waals surface area contributed by atoms with Crippen LogP contribution in [0.5, 0.6) is 11.5 Å². The van der Waals surface area contributed by atoms with E-state index in [1.54, 1.807) is 23.1 Å². The van der Waals surface area contributed by atoms with E-state index in [0.717, 1.165) is 11.4 Å². The Balaban J connectivity index is 1.35. The fourth-order valence-electron chi connectivity index (χ4n) is 2.51. The number of para-hydroxylation sites is 2. The number of hydrogen-bond acceptors (Lipinski definition) is 5. The first-order chi connectivity index (χ1) is 12.3. The van der Waals surface area contributed by atoms with Gasteiger partial charge in [0.05, 0.1) is 0 Å². The molecule has 1 aliphatic rings. The van der Waals surface area contributed by atoms with E-state index in [-0.39, 0.29) is 12.5 Å². The van der Waals surface area contributed by atoms with Crippen LogP contribution in [0.25, 0.3) is 5.82 Å². The summed E-state index contributed by atoms with van der Waals surface area (Å²) in [4.78, 5) is 16.6. The van der Waals surface area contributed by atoms with Crippen molar-refractivity contribution >= 4 is 5.91 Å². The fraction of sp³-hybridized carbons (Fsp3) is 0.167. The second-order valence-electron chi connectivity index (χ2n) is 5.56. The Hall–Kier alpha value is -3.35. The van der Waals surface area contributed by atoms with Crippen molar-refractivity contribution in [3.05, 3.63) is 66.6 Å². The number of rotatable bonds is 4. The molecule has 1 amide bonds. The first-order valence-corrected chi connectivity index (χ1v) is 7.91. The highest BCUT2D eigenvalue weighted by Gasteiger charge is 2.26. The summed E-state index contributed by atoms with van der Waals surface area (Å²) in [6.45, 7) is 0.562. The largest absolute Gasteiger partial charge is 0.485 e. The minimum absolute atomic E-state index is 0.194. The summed E-state index contributed by atoms with van der Waals surface area (Å²) in [6.07, 6.45) is 4.57. The maximum atomic E-state index is 12.3. The van der Waals surface area contributed by atoms with Crippen LogP contribution in [0.4, 0.5) is 0 Å². The number of nitrogens with zero attached hydrogens (tertiary/aromatic N) is 3. The van der Waals surface area contributed by atoms with Crippen LogP contribution in [0.3, 0.4) is 0 Å². The molecular weight excluding hydrogens is 320 g/mol. The van der Waals surface area contributed by atoms with Crippen molar-refractivity contribution in [1.82, 2.24) is 20.1 Å². The predicted octanol–water partition coefficient (Wildman–Crippen LogP) is 1.72. The zero-order valence-electron chi connectivity index (χ0n) is 13.3. The minimum Gasteiger partial charge on any atom is -0.485 e. The van der Waals surface area contributed by atoms with Gasteiger partial charge in [-0.1, -0.05) is 18.2 Å². The summed E-state index contributed by atoms with van der Waals surface area (Å²) < 4.78 is 12.9. The predicted molar refractivity (Wildman–Crippen MR) is 89.6 cm³/mol. The van der Waals surface area contributed by atoms with Crippen LogP contribution in [-0.4, -0.2) is 33.4 Å². The highest BCUT2D eigenvalue weighted by Crippen LogP contribution is 2.30. The zero-order chi connectivity index (χ0) is 17.1. The van der Waals surface area contributed by atoms with Gasteiger partial charge >= 0.3 is 0 Å². The molecule has 4 rings (SSSR count). The van der Waals surface area contributed by atoms with Crippen molar-refractivity contribution in [3.8, 4) is 17.3 Å². The molecule has 25 heavy (non-hydrogen) atoms. The van der Waals surface area contributed by atoms with Gasteiger partial charge in [-0.15, -0.1) is 0 Å². The number of aromatic nitrogens is 3. The van der Waals surface area contributed by atoms with Crippen LogP contribution >= 0.6 is 0 Å². The van der Waals surface area contributed by atoms with Gasteiger partial charge < -0.3 is 14.8 Å². The normalized spacial score (nSPS) is 15.6. The molecule has 7 nitrogen and oxygen atoms in total. The highest BCUT2D eigenvalue weighted by molar-refractivity contribution is 5.81. The molecule has 0 fully saturated rings. The number of ether oxygens (including phenoxy) is 2. The first kappa shape index (κ1) is 15.2. The molecule has 0 unspecified atom stereocenters. The van der Waals surface area contributed by atoms with Gasteiger partial charge in [0.1, 0.15) is 6.61 Å². The lowest BCUT2D eigenvalue weighted by Gasteiger charge is -2.25. The lowest BCUT2D eigenvalue weighted by atomic mass is 10.2. The SMILES string of the molecule is O=C(NCc1ccc(-n2cccn2)nc1)[C@H]1COc2ccccc2O1. The van der Waals surface area contributed by atoms with Gasteiger partial charge in [0, 0.05) is 25.1 Å². The molecule has 1 aromatic carbocycles. The Kier molecular flexibility index (Phi) is 4.04. The van der Waals surface area contributed by atoms with E-state index < -0.39 is 6.10 Å². The highest BCUT2D eigenvalue weighted by atomic mass is 16.6. The van der Waals surface area contributed by atoms with Crippen LogP contribution in [0, 0.1) is 0 Å². The molecule has 0 bridgehead atoms. The molecule has 0 aliphatic carbocycles. The molecule has 1 aliphatic heterocycles. The van der Waals surface area contributed by atoms with Crippen molar-refractivity contribution in [1.29, 1.82) is 0 Å². The molecule has 0 radical (unpaired) electrons. The average molecular weight is 336 g/mol. The van der Waals surface area contributed by atoms with E-state index in [2.05, 4.69) is 15.4 Å². The van der Waals surface area contributed by atoms with Crippen molar-refractivity contribution in [2.24, 2.45) is 0 Å². The molecular formula is C18H16N4O3. The Morgan fingerprint density at radius 3 is 2.84 bits per heavy atom. The number of benzene rings is 1. The monoisotopic (exact) mass is 336 g/mol. The minimum atomic E-state index is -0.661. The number of carbonyl (C=O) groups excluding carboxylic acids is 1. The van der Waals surface area contributed by atoms with E-state index in [0.29, 0.717) is 18.0 Å². The molecule has 1 atom stereocenters. The summed E-state index contributed by atoms with van der Waals surface area (Å²) in [5.74, 6) is 1.75. The van der Waals surface area contributed by atoms with Crippen LogP contribution in [0.2, 0.25) is 0 Å². The van der Waals surface area contributed by atoms with Gasteiger partial charge in [-0.05, 0) is 29.8 Å². The molecule has 0 spiro atoms. The first-order valence-electron chi connectivity index (χ1n) is 7.91. The van der Waals surface area contributed by atoms with Crippen molar-refractivity contribution in [2.45, 2.75) is 12.6 Å². The third-order valence-corrected chi connectivity index (χ3v) is 3.82. The second kappa shape index (κ2) is 6.64. The number of hydrogen-bond donors (Lipinski definition) is 1. The molecule has 0 saturated heterocycles. The number of amides is 1. The molecule has 7 heteroatoms. The molecule has 0 saturated carbocycles. The number of pyridine rings is 1. The van der Waals surface area contributed by atoms with Gasteiger partial charge in [-0.3, -0.25) is 4.79 Å². The maximum absolute atomic E-state index is 12.3. The van der Waals surface area contributed by atoms with E-state index in [1.165, 1.54) is 0 Å². The third kappa shape index (κ3) is 3.30. The van der Waals surface area contributed by atoms with Gasteiger partial charge in [0.25, 0.3) is 5.91 Å². The quantitative estimate of drug-likeness (QED) is 0.785. The van der Waals surface area contributed by atoms with Crippen molar-refractivity contribution < 1.29 is 14.3 Å². The number of carbonyl (C=O) groups is 1. The van der Waals surface area contributed by atoms with Gasteiger partial charge in [0.15, 0.2) is 17.3 Å². The topological polar surface area (TPSA) is 78.3 Å². The number of fused-ring (bicyclic) bond motifs is 1. The van der Waals surface area contributed by atoms with Crippen LogP contribution in [0.15, 0.2) is 61.1 Å². The van der Waals surface area contributed by atoms with Gasteiger partial charge in [-0.25, -0.2) is 9.67 Å². The smallest absolute Gasteiger partial charge is 0.264 e. The Labute approximate surface area is 144 Å². The molecule has 1 N–H and O–H groups in total. The Morgan fingerprint density at radius 1 is 1.20 bits per heavy atom. The third-order valence-electron chi connectivity index (χ3n) is 3.82. The van der Waals surface area contributed by atoms with E-state index >= 15 is 0 Å². The van der Waals surface area contributed by atoms with Crippen LogP contribution < -0.4 is 14.8 Å². The standard InChI is InChI=1S/C18H16N4O3/c23-18(16-12-24-14-4-1-2-5-15(14)25-16)20-11-13-6-7-17(19-10-13)22-9-3-8-21-22/h1-10,16H,11-12H2,(H,20,23)/t16-/m1/s1.